The summed E-state index contributed by atoms with van der Waals surface area (Å²) in [6, 6.07) is 7.92. The van der Waals surface area contributed by atoms with Gasteiger partial charge in [-0.3, -0.25) is 9.59 Å². The van der Waals surface area contributed by atoms with E-state index in [9.17, 15) is 9.59 Å². The van der Waals surface area contributed by atoms with Crippen molar-refractivity contribution in [3.8, 4) is 0 Å². The molecule has 0 bridgehead atoms. The molecule has 2 rings (SSSR count). The number of thiophene rings is 1. The van der Waals surface area contributed by atoms with Crippen LogP contribution in [0.25, 0.3) is 10.1 Å². The molecule has 0 unspecified atom stereocenters. The summed E-state index contributed by atoms with van der Waals surface area (Å²) < 4.78 is 5.70. The number of ketones is 1. The van der Waals surface area contributed by atoms with Crippen LogP contribution < -0.4 is 0 Å². The molecule has 0 radical (unpaired) electrons. The number of hydrogen-bond acceptors (Lipinski definition) is 4. The van der Waals surface area contributed by atoms with Crippen LogP contribution in [0.3, 0.4) is 0 Å². The Labute approximate surface area is 116 Å². The molecule has 0 atom stereocenters. The van der Waals surface area contributed by atoms with Crippen LogP contribution in [0, 0.1) is 0 Å². The summed E-state index contributed by atoms with van der Waals surface area (Å²) in [5.41, 5.74) is 0.804. The Kier molecular flexibility index (Phi) is 4.68. The Morgan fingerprint density at radius 2 is 1.89 bits per heavy atom. The van der Waals surface area contributed by atoms with Crippen LogP contribution in [0.2, 0.25) is 0 Å². The van der Waals surface area contributed by atoms with Crippen molar-refractivity contribution in [3.05, 3.63) is 35.2 Å². The second kappa shape index (κ2) is 6.48. The molecule has 0 aliphatic rings. The van der Waals surface area contributed by atoms with E-state index in [2.05, 4.69) is 4.74 Å². The average Bonchev–Trinajstić information content (AvgIpc) is 2.87. The summed E-state index contributed by atoms with van der Waals surface area (Å²) >= 11 is 1.60. The summed E-state index contributed by atoms with van der Waals surface area (Å²) in [5, 5.41) is 2.96. The zero-order valence-electron chi connectivity index (χ0n) is 10.8. The minimum atomic E-state index is -0.214. The average molecular weight is 276 g/mol. The number of fused-ring (bicyclic) bond motifs is 1. The van der Waals surface area contributed by atoms with Crippen LogP contribution in [0.4, 0.5) is 0 Å². The normalized spacial score (nSPS) is 10.6. The van der Waals surface area contributed by atoms with Gasteiger partial charge in [0.05, 0.1) is 7.11 Å². The van der Waals surface area contributed by atoms with E-state index in [0.29, 0.717) is 19.3 Å². The van der Waals surface area contributed by atoms with Crippen molar-refractivity contribution in [1.82, 2.24) is 0 Å². The van der Waals surface area contributed by atoms with E-state index in [1.54, 1.807) is 11.3 Å². The van der Waals surface area contributed by atoms with Crippen molar-refractivity contribution < 1.29 is 14.3 Å². The molecule has 0 N–H and O–H groups in total. The predicted octanol–water partition coefficient (Wildman–Crippen LogP) is 3.82. The van der Waals surface area contributed by atoms with Gasteiger partial charge in [-0.05, 0) is 18.9 Å². The molecular formula is C15H16O3S. The number of ether oxygens (including phenoxy) is 1. The van der Waals surface area contributed by atoms with E-state index in [0.717, 1.165) is 22.1 Å². The summed E-state index contributed by atoms with van der Waals surface area (Å²) in [5.74, 6) is -0.0595. The number of hydrogen-bond donors (Lipinski definition) is 0. The molecule has 0 saturated carbocycles. The molecule has 0 saturated heterocycles. The Bertz CT molecular complexity index is 586. The number of unbranched alkanes of at least 4 members (excludes halogenated alkanes) is 1. The van der Waals surface area contributed by atoms with Crippen molar-refractivity contribution in [2.24, 2.45) is 0 Å². The van der Waals surface area contributed by atoms with E-state index in [1.165, 1.54) is 7.11 Å². The maximum atomic E-state index is 12.1. The Balaban J connectivity index is 1.91. The molecular weight excluding hydrogens is 260 g/mol. The lowest BCUT2D eigenvalue weighted by molar-refractivity contribution is -0.140. The Morgan fingerprint density at radius 3 is 2.68 bits per heavy atom. The van der Waals surface area contributed by atoms with Crippen molar-refractivity contribution in [2.75, 3.05) is 7.11 Å². The monoisotopic (exact) mass is 276 g/mol. The van der Waals surface area contributed by atoms with Gasteiger partial charge < -0.3 is 4.74 Å². The van der Waals surface area contributed by atoms with Gasteiger partial charge in [0.15, 0.2) is 5.78 Å². The van der Waals surface area contributed by atoms with Crippen LogP contribution in [0.15, 0.2) is 29.6 Å². The Morgan fingerprint density at radius 1 is 1.16 bits per heavy atom. The van der Waals surface area contributed by atoms with Crippen molar-refractivity contribution >= 4 is 33.2 Å². The smallest absolute Gasteiger partial charge is 0.305 e. The molecule has 1 heterocycles. The topological polar surface area (TPSA) is 43.4 Å². The van der Waals surface area contributed by atoms with Crippen LogP contribution >= 0.6 is 11.3 Å². The Hall–Kier alpha value is -1.68. The lowest BCUT2D eigenvalue weighted by Gasteiger charge is -2.00. The number of carbonyl (C=O) groups is 2. The first-order valence-corrected chi connectivity index (χ1v) is 7.16. The molecule has 1 aromatic carbocycles. The number of benzene rings is 1. The number of rotatable bonds is 6. The van der Waals surface area contributed by atoms with Crippen LogP contribution in [0.5, 0.6) is 0 Å². The molecule has 0 aliphatic heterocycles. The van der Waals surface area contributed by atoms with Gasteiger partial charge >= 0.3 is 5.97 Å². The van der Waals surface area contributed by atoms with Crippen LogP contribution in [-0.2, 0) is 9.53 Å². The summed E-state index contributed by atoms with van der Waals surface area (Å²) in [7, 11) is 1.38. The molecule has 0 amide bonds. The number of methoxy groups -OCH3 is 1. The zero-order valence-corrected chi connectivity index (χ0v) is 11.7. The molecule has 0 fully saturated rings. The molecule has 2 aromatic rings. The highest BCUT2D eigenvalue weighted by atomic mass is 32.1. The summed E-state index contributed by atoms with van der Waals surface area (Å²) in [4.78, 5) is 23.1. The van der Waals surface area contributed by atoms with E-state index in [-0.39, 0.29) is 11.8 Å². The fourth-order valence-corrected chi connectivity index (χ4v) is 2.95. The first kappa shape index (κ1) is 13.7. The minimum Gasteiger partial charge on any atom is -0.469 e. The summed E-state index contributed by atoms with van der Waals surface area (Å²) in [6.45, 7) is 0. The van der Waals surface area contributed by atoms with Crippen LogP contribution in [0.1, 0.15) is 36.0 Å². The van der Waals surface area contributed by atoms with Crippen molar-refractivity contribution in [1.29, 1.82) is 0 Å². The predicted molar refractivity (Wildman–Crippen MR) is 76.6 cm³/mol. The third-order valence-electron chi connectivity index (χ3n) is 3.04. The van der Waals surface area contributed by atoms with Crippen molar-refractivity contribution in [2.45, 2.75) is 25.7 Å². The van der Waals surface area contributed by atoms with Gasteiger partial charge in [-0.2, -0.15) is 0 Å². The highest BCUT2D eigenvalue weighted by Crippen LogP contribution is 2.27. The second-order valence-electron chi connectivity index (χ2n) is 4.35. The van der Waals surface area contributed by atoms with Gasteiger partial charge in [-0.15, -0.1) is 11.3 Å². The van der Waals surface area contributed by atoms with E-state index in [1.807, 2.05) is 29.6 Å². The van der Waals surface area contributed by atoms with Gasteiger partial charge in [-0.1, -0.05) is 18.2 Å². The third-order valence-corrected chi connectivity index (χ3v) is 4.01. The first-order chi connectivity index (χ1) is 9.22. The number of esters is 1. The molecule has 0 aliphatic carbocycles. The van der Waals surface area contributed by atoms with E-state index >= 15 is 0 Å². The lowest BCUT2D eigenvalue weighted by atomic mass is 10.0. The maximum Gasteiger partial charge on any atom is 0.305 e. The lowest BCUT2D eigenvalue weighted by Crippen LogP contribution is -2.01. The van der Waals surface area contributed by atoms with Gasteiger partial charge in [0, 0.05) is 33.9 Å². The van der Waals surface area contributed by atoms with Crippen LogP contribution in [-0.4, -0.2) is 18.9 Å². The molecule has 3 nitrogen and oxygen atoms in total. The minimum absolute atomic E-state index is 0.155. The van der Waals surface area contributed by atoms with E-state index in [4.69, 9.17) is 0 Å². The molecule has 1 aromatic heterocycles. The standard InChI is InChI=1S/C15H16O3S/c1-18-15(17)9-5-3-7-13(16)12-10-19-14-8-4-2-6-11(12)14/h2,4,6,8,10H,3,5,7,9H2,1H3. The highest BCUT2D eigenvalue weighted by Gasteiger charge is 2.11. The fraction of sp³-hybridized carbons (Fsp3) is 0.333. The van der Waals surface area contributed by atoms with Gasteiger partial charge in [-0.25, -0.2) is 0 Å². The van der Waals surface area contributed by atoms with E-state index < -0.39 is 0 Å². The fourth-order valence-electron chi connectivity index (χ4n) is 1.99. The summed E-state index contributed by atoms with van der Waals surface area (Å²) in [6.07, 6.45) is 2.28. The second-order valence-corrected chi connectivity index (χ2v) is 5.26. The molecule has 100 valence electrons. The quantitative estimate of drug-likeness (QED) is 0.457. The van der Waals surface area contributed by atoms with Gasteiger partial charge in [0.2, 0.25) is 0 Å². The molecule has 0 spiro atoms. The SMILES string of the molecule is COC(=O)CCCCC(=O)c1csc2ccccc12. The first-order valence-electron chi connectivity index (χ1n) is 6.28. The number of Topliss-reactive ketones (excluding diaryl/α,β-unsaturated/α-hetero) is 1. The van der Waals surface area contributed by atoms with Gasteiger partial charge in [0.1, 0.15) is 0 Å². The van der Waals surface area contributed by atoms with Crippen molar-refractivity contribution in [3.63, 3.8) is 0 Å². The maximum absolute atomic E-state index is 12.1. The molecule has 19 heavy (non-hydrogen) atoms. The zero-order chi connectivity index (χ0) is 13.7. The number of carbonyl (C=O) groups excluding carboxylic acids is 2. The third kappa shape index (κ3) is 3.41. The highest BCUT2D eigenvalue weighted by molar-refractivity contribution is 7.17. The van der Waals surface area contributed by atoms with Gasteiger partial charge in [0.25, 0.3) is 0 Å². The largest absolute Gasteiger partial charge is 0.469 e. The molecule has 4 heteroatoms.